The second-order valence-electron chi connectivity index (χ2n) is 7.41. The molecular weight excluding hydrogens is 399 g/mol. The van der Waals surface area contributed by atoms with Gasteiger partial charge in [0.1, 0.15) is 10.8 Å². The molecule has 1 N–H and O–H groups in total. The van der Waals surface area contributed by atoms with E-state index in [1.165, 1.54) is 23.5 Å². The molecule has 154 valence electrons. The fourth-order valence-corrected chi connectivity index (χ4v) is 4.99. The molecule has 6 heteroatoms. The lowest BCUT2D eigenvalue weighted by Crippen LogP contribution is -2.36. The normalized spacial score (nSPS) is 13.9. The van der Waals surface area contributed by atoms with Crippen LogP contribution in [0.2, 0.25) is 0 Å². The van der Waals surface area contributed by atoms with Crippen LogP contribution < -0.4 is 5.32 Å². The van der Waals surface area contributed by atoms with Gasteiger partial charge in [-0.2, -0.15) is 0 Å². The molecule has 30 heavy (non-hydrogen) atoms. The van der Waals surface area contributed by atoms with Crippen molar-refractivity contribution >= 4 is 28.2 Å². The third-order valence-electron chi connectivity index (χ3n) is 5.39. The molecule has 0 unspecified atom stereocenters. The number of halogens is 1. The Hall–Kier alpha value is -2.99. The minimum atomic E-state index is -0.588. The van der Waals surface area contributed by atoms with Gasteiger partial charge in [0, 0.05) is 18.0 Å². The fourth-order valence-electron chi connectivity index (χ4n) is 3.79. The van der Waals surface area contributed by atoms with Crippen LogP contribution in [0, 0.1) is 12.7 Å². The fraction of sp³-hybridized carbons (Fsp3) is 0.250. The van der Waals surface area contributed by atoms with Crippen LogP contribution in [0.15, 0.2) is 54.6 Å². The number of thiophene rings is 1. The maximum Gasteiger partial charge on any atom is 0.259 e. The molecule has 1 saturated heterocycles. The Morgan fingerprint density at radius 2 is 1.63 bits per heavy atom. The van der Waals surface area contributed by atoms with Crippen molar-refractivity contribution in [1.82, 2.24) is 4.90 Å². The predicted molar refractivity (Wildman–Crippen MR) is 119 cm³/mol. The number of rotatable bonds is 4. The van der Waals surface area contributed by atoms with Crippen molar-refractivity contribution in [3.05, 3.63) is 77.1 Å². The first-order chi connectivity index (χ1) is 14.6. The molecule has 0 aliphatic carbocycles. The summed E-state index contributed by atoms with van der Waals surface area (Å²) in [4.78, 5) is 28.9. The number of anilines is 1. The standard InChI is InChI=1S/C24H23FN2O2S/c1-16-20(24(29)27-14-8-3-9-15-27)23(30-21(16)17-10-4-2-5-11-17)26-22(28)18-12-6-7-13-19(18)25/h2,4-7,10-13H,3,8-9,14-15H2,1H3,(H,26,28). The zero-order valence-electron chi connectivity index (χ0n) is 16.8. The van der Waals surface area contributed by atoms with Crippen molar-refractivity contribution < 1.29 is 14.0 Å². The van der Waals surface area contributed by atoms with Crippen molar-refractivity contribution in [3.63, 3.8) is 0 Å². The Kier molecular flexibility index (Phi) is 5.95. The Morgan fingerprint density at radius 3 is 2.33 bits per heavy atom. The first-order valence-corrected chi connectivity index (χ1v) is 10.9. The van der Waals surface area contributed by atoms with Crippen molar-refractivity contribution in [2.24, 2.45) is 0 Å². The summed E-state index contributed by atoms with van der Waals surface area (Å²) in [7, 11) is 0. The van der Waals surface area contributed by atoms with E-state index in [2.05, 4.69) is 5.32 Å². The molecule has 0 bridgehead atoms. The van der Waals surface area contributed by atoms with Gasteiger partial charge in [-0.05, 0) is 49.4 Å². The van der Waals surface area contributed by atoms with Crippen molar-refractivity contribution in [3.8, 4) is 10.4 Å². The van der Waals surface area contributed by atoms with Gasteiger partial charge in [0.05, 0.1) is 11.1 Å². The highest BCUT2D eigenvalue weighted by Crippen LogP contribution is 2.41. The largest absolute Gasteiger partial charge is 0.339 e. The first-order valence-electron chi connectivity index (χ1n) is 10.1. The van der Waals surface area contributed by atoms with Gasteiger partial charge in [-0.15, -0.1) is 11.3 Å². The predicted octanol–water partition coefficient (Wildman–Crippen LogP) is 5.74. The van der Waals surface area contributed by atoms with Crippen LogP contribution in [0.3, 0.4) is 0 Å². The molecule has 0 radical (unpaired) electrons. The van der Waals surface area contributed by atoms with Crippen LogP contribution >= 0.6 is 11.3 Å². The summed E-state index contributed by atoms with van der Waals surface area (Å²) in [5, 5.41) is 3.28. The molecule has 2 amide bonds. The van der Waals surface area contributed by atoms with Gasteiger partial charge in [-0.3, -0.25) is 9.59 Å². The number of nitrogens with zero attached hydrogens (tertiary/aromatic N) is 1. The summed E-state index contributed by atoms with van der Waals surface area (Å²) in [6, 6.07) is 15.6. The van der Waals surface area contributed by atoms with Gasteiger partial charge < -0.3 is 10.2 Å². The van der Waals surface area contributed by atoms with Crippen LogP contribution in [-0.2, 0) is 0 Å². The lowest BCUT2D eigenvalue weighted by molar-refractivity contribution is 0.0725. The van der Waals surface area contributed by atoms with Crippen molar-refractivity contribution in [2.45, 2.75) is 26.2 Å². The number of piperidine rings is 1. The summed E-state index contributed by atoms with van der Waals surface area (Å²) in [6.45, 7) is 3.35. The molecule has 1 aliphatic heterocycles. The van der Waals surface area contributed by atoms with Gasteiger partial charge in [0.25, 0.3) is 11.8 Å². The molecule has 0 spiro atoms. The highest BCUT2D eigenvalue weighted by atomic mass is 32.1. The quantitative estimate of drug-likeness (QED) is 0.583. The summed E-state index contributed by atoms with van der Waals surface area (Å²) in [5.74, 6) is -1.22. The molecule has 0 atom stereocenters. The van der Waals surface area contributed by atoms with E-state index in [1.54, 1.807) is 12.1 Å². The topological polar surface area (TPSA) is 49.4 Å². The summed E-state index contributed by atoms with van der Waals surface area (Å²) in [6.07, 6.45) is 3.09. The monoisotopic (exact) mass is 422 g/mol. The van der Waals surface area contributed by atoms with E-state index in [0.717, 1.165) is 48.4 Å². The van der Waals surface area contributed by atoms with Gasteiger partial charge in [-0.25, -0.2) is 4.39 Å². The molecule has 1 fully saturated rings. The maximum atomic E-state index is 14.1. The third kappa shape index (κ3) is 4.00. The second kappa shape index (κ2) is 8.79. The first kappa shape index (κ1) is 20.3. The Morgan fingerprint density at radius 1 is 0.967 bits per heavy atom. The average Bonchev–Trinajstić information content (AvgIpc) is 3.10. The van der Waals surface area contributed by atoms with Crippen LogP contribution in [0.4, 0.5) is 9.39 Å². The number of carbonyl (C=O) groups is 2. The minimum absolute atomic E-state index is 0.0406. The molecule has 2 heterocycles. The molecule has 2 aromatic carbocycles. The van der Waals surface area contributed by atoms with E-state index in [4.69, 9.17) is 0 Å². The molecule has 1 aromatic heterocycles. The number of amides is 2. The number of benzene rings is 2. The van der Waals surface area contributed by atoms with E-state index in [9.17, 15) is 14.0 Å². The van der Waals surface area contributed by atoms with E-state index in [0.29, 0.717) is 10.6 Å². The summed E-state index contributed by atoms with van der Waals surface area (Å²) in [5.41, 5.74) is 2.29. The number of carbonyl (C=O) groups excluding carboxylic acids is 2. The molecule has 0 saturated carbocycles. The van der Waals surface area contributed by atoms with Crippen LogP contribution in [0.1, 0.15) is 45.5 Å². The van der Waals surface area contributed by atoms with Gasteiger partial charge in [-0.1, -0.05) is 42.5 Å². The number of nitrogens with one attached hydrogen (secondary N) is 1. The third-order valence-corrected chi connectivity index (χ3v) is 6.64. The molecule has 4 rings (SSSR count). The Bertz CT molecular complexity index is 1070. The van der Waals surface area contributed by atoms with Crippen LogP contribution in [0.5, 0.6) is 0 Å². The van der Waals surface area contributed by atoms with Gasteiger partial charge >= 0.3 is 0 Å². The Balaban J connectivity index is 1.75. The van der Waals surface area contributed by atoms with E-state index in [-0.39, 0.29) is 11.5 Å². The van der Waals surface area contributed by atoms with Gasteiger partial charge in [0.15, 0.2) is 0 Å². The zero-order chi connectivity index (χ0) is 21.1. The van der Waals surface area contributed by atoms with E-state index < -0.39 is 11.7 Å². The number of hydrogen-bond acceptors (Lipinski definition) is 3. The molecular formula is C24H23FN2O2S. The molecule has 4 nitrogen and oxygen atoms in total. The van der Waals surface area contributed by atoms with Crippen molar-refractivity contribution in [1.29, 1.82) is 0 Å². The lowest BCUT2D eigenvalue weighted by atomic mass is 10.0. The number of hydrogen-bond donors (Lipinski definition) is 1. The summed E-state index contributed by atoms with van der Waals surface area (Å²) < 4.78 is 14.1. The second-order valence-corrected chi connectivity index (χ2v) is 8.43. The van der Waals surface area contributed by atoms with Crippen LogP contribution in [0.25, 0.3) is 10.4 Å². The minimum Gasteiger partial charge on any atom is -0.339 e. The molecule has 1 aliphatic rings. The summed E-state index contributed by atoms with van der Waals surface area (Å²) >= 11 is 1.36. The highest BCUT2D eigenvalue weighted by Gasteiger charge is 2.28. The van der Waals surface area contributed by atoms with Crippen molar-refractivity contribution in [2.75, 3.05) is 18.4 Å². The van der Waals surface area contributed by atoms with Gasteiger partial charge in [0.2, 0.25) is 0 Å². The van der Waals surface area contributed by atoms with Crippen LogP contribution in [-0.4, -0.2) is 29.8 Å². The average molecular weight is 423 g/mol. The number of likely N-dealkylation sites (tertiary alicyclic amines) is 1. The lowest BCUT2D eigenvalue weighted by Gasteiger charge is -2.27. The molecule has 3 aromatic rings. The SMILES string of the molecule is Cc1c(-c2ccccc2)sc(NC(=O)c2ccccc2F)c1C(=O)N1CCCCC1. The van der Waals surface area contributed by atoms with E-state index in [1.807, 2.05) is 42.2 Å². The van der Waals surface area contributed by atoms with E-state index >= 15 is 0 Å². The highest BCUT2D eigenvalue weighted by molar-refractivity contribution is 7.20. The maximum absolute atomic E-state index is 14.1. The smallest absolute Gasteiger partial charge is 0.259 e. The zero-order valence-corrected chi connectivity index (χ0v) is 17.6. The Labute approximate surface area is 179 Å².